The van der Waals surface area contributed by atoms with Gasteiger partial charge in [-0.3, -0.25) is 0 Å². The summed E-state index contributed by atoms with van der Waals surface area (Å²) >= 11 is 0. The molecule has 2 rings (SSSR count). The van der Waals surface area contributed by atoms with Crippen LogP contribution in [0.2, 0.25) is 0 Å². The molecule has 1 fully saturated rings. The molecule has 1 aliphatic rings. The molecule has 1 saturated heterocycles. The Morgan fingerprint density at radius 3 is 2.79 bits per heavy atom. The molecular weight excluding hydrogens is 236 g/mol. The van der Waals surface area contributed by atoms with E-state index < -0.39 is 0 Å². The van der Waals surface area contributed by atoms with Crippen molar-refractivity contribution in [1.29, 1.82) is 0 Å². The summed E-state index contributed by atoms with van der Waals surface area (Å²) in [6, 6.07) is 2.43. The van der Waals surface area contributed by atoms with Crippen molar-refractivity contribution in [3.8, 4) is 0 Å². The molecule has 19 heavy (non-hydrogen) atoms. The first kappa shape index (κ1) is 14.3. The predicted octanol–water partition coefficient (Wildman–Crippen LogP) is 2.47. The van der Waals surface area contributed by atoms with Gasteiger partial charge in [-0.15, -0.1) is 0 Å². The SMILES string of the molecule is CCC1CN(c2cc(C)nc(C(C)C)n2)CCC1N. The number of nitrogens with zero attached hydrogens (tertiary/aromatic N) is 3. The van der Waals surface area contributed by atoms with E-state index in [1.54, 1.807) is 0 Å². The summed E-state index contributed by atoms with van der Waals surface area (Å²) < 4.78 is 0. The zero-order chi connectivity index (χ0) is 14.0. The first-order valence-corrected chi connectivity index (χ1v) is 7.37. The molecule has 0 bridgehead atoms. The fourth-order valence-corrected chi connectivity index (χ4v) is 2.68. The molecule has 0 spiro atoms. The highest BCUT2D eigenvalue weighted by Crippen LogP contribution is 2.24. The lowest BCUT2D eigenvalue weighted by atomic mass is 9.91. The van der Waals surface area contributed by atoms with Gasteiger partial charge in [0.05, 0.1) is 0 Å². The average Bonchev–Trinajstić information content (AvgIpc) is 2.38. The van der Waals surface area contributed by atoms with Crippen LogP contribution in [0, 0.1) is 12.8 Å². The second-order valence-corrected chi connectivity index (χ2v) is 5.95. The van der Waals surface area contributed by atoms with E-state index in [0.717, 1.165) is 43.3 Å². The maximum atomic E-state index is 6.18. The fraction of sp³-hybridized carbons (Fsp3) is 0.733. The molecule has 2 unspecified atom stereocenters. The van der Waals surface area contributed by atoms with Crippen LogP contribution in [0.5, 0.6) is 0 Å². The van der Waals surface area contributed by atoms with Gasteiger partial charge in [0, 0.05) is 36.8 Å². The van der Waals surface area contributed by atoms with Gasteiger partial charge >= 0.3 is 0 Å². The van der Waals surface area contributed by atoms with E-state index in [1.165, 1.54) is 0 Å². The van der Waals surface area contributed by atoms with Crippen LogP contribution in [0.3, 0.4) is 0 Å². The van der Waals surface area contributed by atoms with E-state index in [0.29, 0.717) is 17.9 Å². The molecular formula is C15H26N4. The molecule has 0 radical (unpaired) electrons. The number of nitrogens with two attached hydrogens (primary N) is 1. The molecule has 4 heteroatoms. The molecule has 2 heterocycles. The van der Waals surface area contributed by atoms with Gasteiger partial charge in [-0.2, -0.15) is 0 Å². The monoisotopic (exact) mass is 262 g/mol. The number of piperidine rings is 1. The Balaban J connectivity index is 2.22. The molecule has 0 aliphatic carbocycles. The van der Waals surface area contributed by atoms with Crippen molar-refractivity contribution in [2.75, 3.05) is 18.0 Å². The number of anilines is 1. The maximum Gasteiger partial charge on any atom is 0.133 e. The largest absolute Gasteiger partial charge is 0.356 e. The van der Waals surface area contributed by atoms with Crippen molar-refractivity contribution in [2.45, 2.75) is 52.5 Å². The van der Waals surface area contributed by atoms with Crippen LogP contribution in [0.1, 0.15) is 51.0 Å². The molecule has 1 aromatic heterocycles. The molecule has 106 valence electrons. The minimum atomic E-state index is 0.341. The minimum Gasteiger partial charge on any atom is -0.356 e. The van der Waals surface area contributed by atoms with Crippen molar-refractivity contribution >= 4 is 5.82 Å². The van der Waals surface area contributed by atoms with Crippen molar-refractivity contribution < 1.29 is 0 Å². The molecule has 2 atom stereocenters. The van der Waals surface area contributed by atoms with Gasteiger partial charge in [0.1, 0.15) is 11.6 Å². The summed E-state index contributed by atoms with van der Waals surface area (Å²) in [5, 5.41) is 0. The van der Waals surface area contributed by atoms with Crippen LogP contribution < -0.4 is 10.6 Å². The van der Waals surface area contributed by atoms with Crippen LogP contribution in [0.15, 0.2) is 6.07 Å². The smallest absolute Gasteiger partial charge is 0.133 e. The quantitative estimate of drug-likeness (QED) is 0.909. The highest BCUT2D eigenvalue weighted by Gasteiger charge is 2.26. The maximum absolute atomic E-state index is 6.18. The van der Waals surface area contributed by atoms with E-state index in [9.17, 15) is 0 Å². The zero-order valence-corrected chi connectivity index (χ0v) is 12.6. The Hall–Kier alpha value is -1.16. The van der Waals surface area contributed by atoms with Gasteiger partial charge in [-0.05, 0) is 19.3 Å². The third-order valence-corrected chi connectivity index (χ3v) is 4.02. The van der Waals surface area contributed by atoms with Gasteiger partial charge in [-0.1, -0.05) is 27.2 Å². The Morgan fingerprint density at radius 1 is 1.42 bits per heavy atom. The number of hydrogen-bond acceptors (Lipinski definition) is 4. The predicted molar refractivity (Wildman–Crippen MR) is 79.4 cm³/mol. The summed E-state index contributed by atoms with van der Waals surface area (Å²) in [4.78, 5) is 11.6. The topological polar surface area (TPSA) is 55.0 Å². The van der Waals surface area contributed by atoms with Crippen molar-refractivity contribution in [3.05, 3.63) is 17.6 Å². The fourth-order valence-electron chi connectivity index (χ4n) is 2.68. The van der Waals surface area contributed by atoms with Crippen LogP contribution in [0.25, 0.3) is 0 Å². The average molecular weight is 262 g/mol. The van der Waals surface area contributed by atoms with E-state index in [2.05, 4.69) is 36.7 Å². The highest BCUT2D eigenvalue weighted by atomic mass is 15.2. The van der Waals surface area contributed by atoms with Gasteiger partial charge in [0.15, 0.2) is 0 Å². The van der Waals surface area contributed by atoms with Gasteiger partial charge < -0.3 is 10.6 Å². The first-order chi connectivity index (χ1) is 9.01. The van der Waals surface area contributed by atoms with Crippen molar-refractivity contribution in [2.24, 2.45) is 11.7 Å². The Bertz CT molecular complexity index is 430. The highest BCUT2D eigenvalue weighted by molar-refractivity contribution is 5.40. The Morgan fingerprint density at radius 2 is 2.16 bits per heavy atom. The zero-order valence-electron chi connectivity index (χ0n) is 12.6. The van der Waals surface area contributed by atoms with Crippen LogP contribution in [-0.4, -0.2) is 29.1 Å². The van der Waals surface area contributed by atoms with Gasteiger partial charge in [0.2, 0.25) is 0 Å². The van der Waals surface area contributed by atoms with E-state index in [1.807, 2.05) is 6.92 Å². The third kappa shape index (κ3) is 3.24. The summed E-state index contributed by atoms with van der Waals surface area (Å²) in [7, 11) is 0. The van der Waals surface area contributed by atoms with E-state index in [-0.39, 0.29) is 0 Å². The second-order valence-electron chi connectivity index (χ2n) is 5.95. The third-order valence-electron chi connectivity index (χ3n) is 4.02. The lowest BCUT2D eigenvalue weighted by Crippen LogP contribution is -2.47. The number of rotatable bonds is 3. The minimum absolute atomic E-state index is 0.341. The summed E-state index contributed by atoms with van der Waals surface area (Å²) in [6.07, 6.45) is 2.19. The Kier molecular flexibility index (Phi) is 4.40. The van der Waals surface area contributed by atoms with Crippen molar-refractivity contribution in [3.63, 3.8) is 0 Å². The normalized spacial score (nSPS) is 24.0. The van der Waals surface area contributed by atoms with Crippen LogP contribution >= 0.6 is 0 Å². The summed E-state index contributed by atoms with van der Waals surface area (Å²) in [6.45, 7) is 10.6. The lowest BCUT2D eigenvalue weighted by Gasteiger charge is -2.37. The molecule has 2 N–H and O–H groups in total. The van der Waals surface area contributed by atoms with Crippen molar-refractivity contribution in [1.82, 2.24) is 9.97 Å². The standard InChI is InChI=1S/C15H26N4/c1-5-12-9-19(7-6-13(12)16)14-8-11(4)17-15(18-14)10(2)3/h8,10,12-13H,5-7,9,16H2,1-4H3. The molecule has 1 aliphatic heterocycles. The number of aryl methyl sites for hydroxylation is 1. The molecule has 4 nitrogen and oxygen atoms in total. The lowest BCUT2D eigenvalue weighted by molar-refractivity contribution is 0.346. The molecule has 0 amide bonds. The van der Waals surface area contributed by atoms with Gasteiger partial charge in [0.25, 0.3) is 0 Å². The summed E-state index contributed by atoms with van der Waals surface area (Å²) in [5.41, 5.74) is 7.23. The van der Waals surface area contributed by atoms with Crippen LogP contribution in [-0.2, 0) is 0 Å². The van der Waals surface area contributed by atoms with E-state index in [4.69, 9.17) is 10.7 Å². The molecule has 1 aromatic rings. The summed E-state index contributed by atoms with van der Waals surface area (Å²) in [5.74, 6) is 2.96. The number of hydrogen-bond donors (Lipinski definition) is 1. The Labute approximate surface area is 116 Å². The van der Waals surface area contributed by atoms with Crippen LogP contribution in [0.4, 0.5) is 5.82 Å². The number of aromatic nitrogens is 2. The molecule has 0 saturated carbocycles. The second kappa shape index (κ2) is 5.87. The molecule has 0 aromatic carbocycles. The first-order valence-electron chi connectivity index (χ1n) is 7.37. The van der Waals surface area contributed by atoms with Gasteiger partial charge in [-0.25, -0.2) is 9.97 Å². The van der Waals surface area contributed by atoms with E-state index >= 15 is 0 Å².